The summed E-state index contributed by atoms with van der Waals surface area (Å²) in [6.45, 7) is 7.27. The molecule has 0 aromatic heterocycles. The van der Waals surface area contributed by atoms with Crippen LogP contribution in [0.25, 0.3) is 0 Å². The SMILES string of the molecule is C=CC(=O)NCCCCOc1ccc(C(=O)OCCCCCCCCC)cc1. The van der Waals surface area contributed by atoms with Gasteiger partial charge in [0, 0.05) is 6.54 Å². The average Bonchev–Trinajstić information content (AvgIpc) is 2.72. The van der Waals surface area contributed by atoms with Crippen LogP contribution in [0.5, 0.6) is 5.75 Å². The molecular formula is C23H35NO4. The summed E-state index contributed by atoms with van der Waals surface area (Å²) in [5.41, 5.74) is 0.544. The first-order chi connectivity index (χ1) is 13.7. The van der Waals surface area contributed by atoms with Crippen LogP contribution in [-0.2, 0) is 9.53 Å². The molecule has 0 aliphatic carbocycles. The zero-order valence-electron chi connectivity index (χ0n) is 17.2. The first-order valence-electron chi connectivity index (χ1n) is 10.5. The van der Waals surface area contributed by atoms with Gasteiger partial charge in [0.05, 0.1) is 18.8 Å². The first kappa shape index (κ1) is 23.7. The van der Waals surface area contributed by atoms with E-state index in [2.05, 4.69) is 18.8 Å². The topological polar surface area (TPSA) is 64.6 Å². The Kier molecular flexibility index (Phi) is 13.3. The van der Waals surface area contributed by atoms with Gasteiger partial charge in [0.2, 0.25) is 5.91 Å². The Morgan fingerprint density at radius 2 is 1.57 bits per heavy atom. The molecule has 1 amide bonds. The summed E-state index contributed by atoms with van der Waals surface area (Å²) in [6.07, 6.45) is 11.3. The summed E-state index contributed by atoms with van der Waals surface area (Å²) in [7, 11) is 0. The van der Waals surface area contributed by atoms with Crippen molar-refractivity contribution in [2.75, 3.05) is 19.8 Å². The molecule has 0 saturated heterocycles. The van der Waals surface area contributed by atoms with Crippen LogP contribution < -0.4 is 10.1 Å². The highest BCUT2D eigenvalue weighted by molar-refractivity contribution is 5.89. The number of ether oxygens (including phenoxy) is 2. The van der Waals surface area contributed by atoms with Crippen molar-refractivity contribution in [2.45, 2.75) is 64.7 Å². The zero-order chi connectivity index (χ0) is 20.5. The normalized spacial score (nSPS) is 10.3. The van der Waals surface area contributed by atoms with Crippen molar-refractivity contribution >= 4 is 11.9 Å². The van der Waals surface area contributed by atoms with Gasteiger partial charge in [-0.05, 0) is 49.6 Å². The predicted molar refractivity (Wildman–Crippen MR) is 113 cm³/mol. The van der Waals surface area contributed by atoms with E-state index in [1.165, 1.54) is 38.2 Å². The Hall–Kier alpha value is -2.30. The van der Waals surface area contributed by atoms with E-state index in [1.807, 2.05) is 0 Å². The second-order valence-corrected chi connectivity index (χ2v) is 6.83. The number of nitrogens with one attached hydrogen (secondary N) is 1. The molecule has 0 heterocycles. The standard InChI is InChI=1S/C23H35NO4/c1-3-5-6-7-8-9-11-19-28-23(26)20-13-15-21(16-14-20)27-18-12-10-17-24-22(25)4-2/h4,13-16H,2-3,5-12,17-19H2,1H3,(H,24,25). The van der Waals surface area contributed by atoms with Gasteiger partial charge in [-0.25, -0.2) is 4.79 Å². The zero-order valence-corrected chi connectivity index (χ0v) is 17.2. The Balaban J connectivity index is 2.12. The number of rotatable bonds is 16. The number of hydrogen-bond donors (Lipinski definition) is 1. The molecule has 156 valence electrons. The van der Waals surface area contributed by atoms with E-state index in [-0.39, 0.29) is 11.9 Å². The van der Waals surface area contributed by atoms with Gasteiger partial charge >= 0.3 is 5.97 Å². The van der Waals surface area contributed by atoms with Gasteiger partial charge in [-0.2, -0.15) is 0 Å². The van der Waals surface area contributed by atoms with Crippen LogP contribution >= 0.6 is 0 Å². The fourth-order valence-electron chi connectivity index (χ4n) is 2.70. The third kappa shape index (κ3) is 11.4. The van der Waals surface area contributed by atoms with Crippen molar-refractivity contribution in [3.05, 3.63) is 42.5 Å². The summed E-state index contributed by atoms with van der Waals surface area (Å²) >= 11 is 0. The van der Waals surface area contributed by atoms with E-state index in [0.717, 1.165) is 31.4 Å². The largest absolute Gasteiger partial charge is 0.494 e. The fourth-order valence-corrected chi connectivity index (χ4v) is 2.70. The smallest absolute Gasteiger partial charge is 0.338 e. The van der Waals surface area contributed by atoms with Crippen LogP contribution in [0.4, 0.5) is 0 Å². The average molecular weight is 390 g/mol. The summed E-state index contributed by atoms with van der Waals surface area (Å²) in [4.78, 5) is 23.0. The van der Waals surface area contributed by atoms with Crippen molar-refractivity contribution in [3.8, 4) is 5.75 Å². The van der Waals surface area contributed by atoms with Gasteiger partial charge in [-0.3, -0.25) is 4.79 Å². The molecule has 1 N–H and O–H groups in total. The monoisotopic (exact) mass is 389 g/mol. The minimum atomic E-state index is -0.282. The van der Waals surface area contributed by atoms with Gasteiger partial charge in [0.25, 0.3) is 0 Å². The molecule has 0 unspecified atom stereocenters. The van der Waals surface area contributed by atoms with Crippen molar-refractivity contribution in [1.29, 1.82) is 0 Å². The summed E-state index contributed by atoms with van der Waals surface area (Å²) in [6, 6.07) is 7.02. The van der Waals surface area contributed by atoms with Crippen molar-refractivity contribution < 1.29 is 19.1 Å². The maximum absolute atomic E-state index is 12.0. The molecule has 28 heavy (non-hydrogen) atoms. The van der Waals surface area contributed by atoms with Crippen molar-refractivity contribution in [2.24, 2.45) is 0 Å². The van der Waals surface area contributed by atoms with Crippen LogP contribution in [0.3, 0.4) is 0 Å². The molecule has 5 nitrogen and oxygen atoms in total. The Morgan fingerprint density at radius 3 is 2.25 bits per heavy atom. The Labute approximate surface area is 169 Å². The quantitative estimate of drug-likeness (QED) is 0.244. The third-order valence-corrected chi connectivity index (χ3v) is 4.40. The molecule has 1 rings (SSSR count). The molecule has 0 aliphatic heterocycles. The lowest BCUT2D eigenvalue weighted by atomic mass is 10.1. The number of amides is 1. The van der Waals surface area contributed by atoms with Gasteiger partial charge < -0.3 is 14.8 Å². The minimum Gasteiger partial charge on any atom is -0.494 e. The molecule has 0 atom stereocenters. The summed E-state index contributed by atoms with van der Waals surface area (Å²) in [5, 5.41) is 2.72. The van der Waals surface area contributed by atoms with E-state index < -0.39 is 0 Å². The van der Waals surface area contributed by atoms with Gasteiger partial charge in [0.15, 0.2) is 0 Å². The molecule has 0 bridgehead atoms. The predicted octanol–water partition coefficient (Wildman–Crippen LogP) is 5.06. The lowest BCUT2D eigenvalue weighted by molar-refractivity contribution is -0.116. The number of esters is 1. The van der Waals surface area contributed by atoms with Gasteiger partial charge in [-0.1, -0.05) is 52.0 Å². The number of carbonyl (C=O) groups excluding carboxylic acids is 2. The number of benzene rings is 1. The Bertz CT molecular complexity index is 568. The molecule has 5 heteroatoms. The summed E-state index contributed by atoms with van der Waals surface area (Å²) in [5.74, 6) is 0.282. The number of carbonyl (C=O) groups is 2. The first-order valence-corrected chi connectivity index (χ1v) is 10.5. The summed E-state index contributed by atoms with van der Waals surface area (Å²) < 4.78 is 11.0. The van der Waals surface area contributed by atoms with Crippen LogP contribution in [-0.4, -0.2) is 31.6 Å². The molecule has 1 aromatic carbocycles. The number of hydrogen-bond acceptors (Lipinski definition) is 4. The molecule has 1 aromatic rings. The Morgan fingerprint density at radius 1 is 0.929 bits per heavy atom. The maximum Gasteiger partial charge on any atom is 0.338 e. The highest BCUT2D eigenvalue weighted by Gasteiger charge is 2.07. The van der Waals surface area contributed by atoms with Gasteiger partial charge in [-0.15, -0.1) is 0 Å². The van der Waals surface area contributed by atoms with Crippen molar-refractivity contribution in [3.63, 3.8) is 0 Å². The highest BCUT2D eigenvalue weighted by atomic mass is 16.5. The lowest BCUT2D eigenvalue weighted by Gasteiger charge is -2.08. The third-order valence-electron chi connectivity index (χ3n) is 4.40. The van der Waals surface area contributed by atoms with Crippen LogP contribution in [0, 0.1) is 0 Å². The molecule has 0 spiro atoms. The maximum atomic E-state index is 12.0. The molecular weight excluding hydrogens is 354 g/mol. The van der Waals surface area contributed by atoms with Crippen LogP contribution in [0.1, 0.15) is 75.1 Å². The fraction of sp³-hybridized carbons (Fsp3) is 0.565. The van der Waals surface area contributed by atoms with Crippen molar-refractivity contribution in [1.82, 2.24) is 5.32 Å². The second-order valence-electron chi connectivity index (χ2n) is 6.83. The van der Waals surface area contributed by atoms with E-state index >= 15 is 0 Å². The molecule has 0 aliphatic rings. The number of unbranched alkanes of at least 4 members (excludes halogenated alkanes) is 7. The van der Waals surface area contributed by atoms with Gasteiger partial charge in [0.1, 0.15) is 5.75 Å². The highest BCUT2D eigenvalue weighted by Crippen LogP contribution is 2.14. The molecule has 0 saturated carbocycles. The van der Waals surface area contributed by atoms with E-state index in [9.17, 15) is 9.59 Å². The van der Waals surface area contributed by atoms with E-state index in [1.54, 1.807) is 24.3 Å². The van der Waals surface area contributed by atoms with Crippen LogP contribution in [0.2, 0.25) is 0 Å². The minimum absolute atomic E-state index is 0.157. The van der Waals surface area contributed by atoms with E-state index in [0.29, 0.717) is 25.3 Å². The second kappa shape index (κ2) is 15.7. The van der Waals surface area contributed by atoms with E-state index in [4.69, 9.17) is 9.47 Å². The van der Waals surface area contributed by atoms with Crippen LogP contribution in [0.15, 0.2) is 36.9 Å². The lowest BCUT2D eigenvalue weighted by Crippen LogP contribution is -2.22. The molecule has 0 fully saturated rings. The molecule has 0 radical (unpaired) electrons.